The third-order valence-electron chi connectivity index (χ3n) is 2.34. The first kappa shape index (κ1) is 12.3. The van der Waals surface area contributed by atoms with Crippen molar-refractivity contribution in [2.45, 2.75) is 26.2 Å². The Morgan fingerprint density at radius 3 is 2.88 bits per heavy atom. The summed E-state index contributed by atoms with van der Waals surface area (Å²) in [6.07, 6.45) is 5.66. The van der Waals surface area contributed by atoms with Crippen LogP contribution in [0.5, 0.6) is 0 Å². The van der Waals surface area contributed by atoms with Gasteiger partial charge in [-0.1, -0.05) is 29.8 Å². The van der Waals surface area contributed by atoms with Gasteiger partial charge in [-0.3, -0.25) is 4.79 Å². The van der Waals surface area contributed by atoms with Crippen molar-refractivity contribution in [3.63, 3.8) is 0 Å². The van der Waals surface area contributed by atoms with Crippen molar-refractivity contribution >= 4 is 5.97 Å². The van der Waals surface area contributed by atoms with E-state index in [1.165, 1.54) is 0 Å². The van der Waals surface area contributed by atoms with Crippen molar-refractivity contribution in [1.29, 1.82) is 0 Å². The minimum absolute atomic E-state index is 0.244. The van der Waals surface area contributed by atoms with Crippen molar-refractivity contribution in [3.05, 3.63) is 35.4 Å². The maximum atomic E-state index is 11.7. The summed E-state index contributed by atoms with van der Waals surface area (Å²) in [4.78, 5) is 11.7. The summed E-state index contributed by atoms with van der Waals surface area (Å²) in [5, 5.41) is 0. The van der Waals surface area contributed by atoms with Gasteiger partial charge in [0, 0.05) is 6.42 Å². The van der Waals surface area contributed by atoms with E-state index in [9.17, 15) is 4.79 Å². The van der Waals surface area contributed by atoms with Gasteiger partial charge in [0.1, 0.15) is 0 Å². The second-order valence-electron chi connectivity index (χ2n) is 3.63. The van der Waals surface area contributed by atoms with E-state index in [4.69, 9.17) is 11.2 Å². The predicted octanol–water partition coefficient (Wildman–Crippen LogP) is 2.67. The molecule has 16 heavy (non-hydrogen) atoms. The number of aryl methyl sites for hydroxylation is 1. The first-order valence-electron chi connectivity index (χ1n) is 5.35. The van der Waals surface area contributed by atoms with E-state index < -0.39 is 0 Å². The van der Waals surface area contributed by atoms with Crippen LogP contribution in [0.25, 0.3) is 0 Å². The van der Waals surface area contributed by atoms with Crippen molar-refractivity contribution in [3.8, 4) is 12.3 Å². The van der Waals surface area contributed by atoms with E-state index in [1.54, 1.807) is 6.92 Å². The average Bonchev–Trinajstić information content (AvgIpc) is 2.26. The van der Waals surface area contributed by atoms with Crippen LogP contribution >= 0.6 is 0 Å². The molecule has 0 saturated carbocycles. The normalized spacial score (nSPS) is 11.6. The zero-order valence-electron chi connectivity index (χ0n) is 9.69. The van der Waals surface area contributed by atoms with Crippen LogP contribution < -0.4 is 0 Å². The number of benzene rings is 1. The fraction of sp³-hybridized carbons (Fsp3) is 0.357. The lowest BCUT2D eigenvalue weighted by Gasteiger charge is -2.13. The predicted molar refractivity (Wildman–Crippen MR) is 64.0 cm³/mol. The third kappa shape index (κ3) is 3.13. The van der Waals surface area contributed by atoms with Crippen LogP contribution in [-0.2, 0) is 9.53 Å². The molecule has 1 rings (SSSR count). The molecule has 0 bridgehead atoms. The van der Waals surface area contributed by atoms with Gasteiger partial charge < -0.3 is 4.74 Å². The lowest BCUT2D eigenvalue weighted by atomic mass is 9.95. The monoisotopic (exact) mass is 216 g/mol. The van der Waals surface area contributed by atoms with Crippen LogP contribution in [-0.4, -0.2) is 12.6 Å². The van der Waals surface area contributed by atoms with E-state index in [-0.39, 0.29) is 11.9 Å². The van der Waals surface area contributed by atoms with Crippen LogP contribution in [0.15, 0.2) is 24.3 Å². The summed E-state index contributed by atoms with van der Waals surface area (Å²) in [6, 6.07) is 7.79. The second kappa shape index (κ2) is 5.97. The molecular formula is C14H16O2. The number of hydrogen-bond donors (Lipinski definition) is 0. The molecule has 1 aromatic carbocycles. The minimum Gasteiger partial charge on any atom is -0.465 e. The van der Waals surface area contributed by atoms with E-state index >= 15 is 0 Å². The Balaban J connectivity index is 2.94. The molecule has 0 N–H and O–H groups in total. The van der Waals surface area contributed by atoms with E-state index in [1.807, 2.05) is 31.2 Å². The van der Waals surface area contributed by atoms with E-state index in [0.717, 1.165) is 11.1 Å². The molecular weight excluding hydrogens is 200 g/mol. The summed E-state index contributed by atoms with van der Waals surface area (Å²) < 4.78 is 5.02. The standard InChI is InChI=1S/C14H16O2/c1-4-7-13(14(15)16-5-2)12-9-6-8-11(3)10-12/h1,6,8-10,13H,5,7H2,2-3H3. The van der Waals surface area contributed by atoms with Crippen LogP contribution in [0.4, 0.5) is 0 Å². The Hall–Kier alpha value is -1.75. The van der Waals surface area contributed by atoms with Gasteiger partial charge in [-0.2, -0.15) is 0 Å². The molecule has 0 aliphatic rings. The molecule has 2 nitrogen and oxygen atoms in total. The van der Waals surface area contributed by atoms with Crippen molar-refractivity contribution in [2.75, 3.05) is 6.61 Å². The molecule has 1 aromatic rings. The zero-order valence-corrected chi connectivity index (χ0v) is 9.69. The van der Waals surface area contributed by atoms with Gasteiger partial charge >= 0.3 is 5.97 Å². The Morgan fingerprint density at radius 1 is 1.56 bits per heavy atom. The SMILES string of the molecule is C#CCC(C(=O)OCC)c1cccc(C)c1. The molecule has 84 valence electrons. The zero-order chi connectivity index (χ0) is 12.0. The van der Waals surface area contributed by atoms with E-state index in [2.05, 4.69) is 5.92 Å². The molecule has 0 saturated heterocycles. The van der Waals surface area contributed by atoms with Gasteiger partial charge in [-0.05, 0) is 19.4 Å². The molecule has 0 fully saturated rings. The highest BCUT2D eigenvalue weighted by Gasteiger charge is 2.20. The van der Waals surface area contributed by atoms with Gasteiger partial charge in [0.05, 0.1) is 12.5 Å². The number of esters is 1. The molecule has 0 amide bonds. The molecule has 0 aliphatic carbocycles. The summed E-state index contributed by atoms with van der Waals surface area (Å²) in [7, 11) is 0. The summed E-state index contributed by atoms with van der Waals surface area (Å²) >= 11 is 0. The van der Waals surface area contributed by atoms with Gasteiger partial charge in [0.2, 0.25) is 0 Å². The lowest BCUT2D eigenvalue weighted by molar-refractivity contribution is -0.144. The minimum atomic E-state index is -0.343. The number of carbonyl (C=O) groups is 1. The lowest BCUT2D eigenvalue weighted by Crippen LogP contribution is -2.15. The summed E-state index contributed by atoms with van der Waals surface area (Å²) in [5.74, 6) is 1.94. The quantitative estimate of drug-likeness (QED) is 0.571. The Bertz CT molecular complexity index is 401. The summed E-state index contributed by atoms with van der Waals surface area (Å²) in [6.45, 7) is 4.16. The maximum absolute atomic E-state index is 11.7. The number of carbonyl (C=O) groups excluding carboxylic acids is 1. The van der Waals surface area contributed by atoms with Crippen molar-refractivity contribution < 1.29 is 9.53 Å². The highest BCUT2D eigenvalue weighted by atomic mass is 16.5. The van der Waals surface area contributed by atoms with E-state index in [0.29, 0.717) is 13.0 Å². The first-order chi connectivity index (χ1) is 7.69. The van der Waals surface area contributed by atoms with Gasteiger partial charge in [-0.15, -0.1) is 12.3 Å². The Labute approximate surface area is 96.6 Å². The smallest absolute Gasteiger partial charge is 0.314 e. The van der Waals surface area contributed by atoms with Crippen molar-refractivity contribution in [2.24, 2.45) is 0 Å². The summed E-state index contributed by atoms with van der Waals surface area (Å²) in [5.41, 5.74) is 2.04. The Kier molecular flexibility index (Phi) is 4.60. The number of hydrogen-bond acceptors (Lipinski definition) is 2. The fourth-order valence-electron chi connectivity index (χ4n) is 1.58. The molecule has 0 spiro atoms. The molecule has 0 aromatic heterocycles. The first-order valence-corrected chi connectivity index (χ1v) is 5.35. The van der Waals surface area contributed by atoms with Gasteiger partial charge in [0.15, 0.2) is 0 Å². The third-order valence-corrected chi connectivity index (χ3v) is 2.34. The number of terminal acetylenes is 1. The average molecular weight is 216 g/mol. The molecule has 1 atom stereocenters. The molecule has 0 radical (unpaired) electrons. The Morgan fingerprint density at radius 2 is 2.31 bits per heavy atom. The second-order valence-corrected chi connectivity index (χ2v) is 3.63. The highest BCUT2D eigenvalue weighted by Crippen LogP contribution is 2.21. The number of ether oxygens (including phenoxy) is 1. The van der Waals surface area contributed by atoms with Gasteiger partial charge in [0.25, 0.3) is 0 Å². The molecule has 2 heteroatoms. The van der Waals surface area contributed by atoms with Crippen molar-refractivity contribution in [1.82, 2.24) is 0 Å². The van der Waals surface area contributed by atoms with Crippen LogP contribution in [0.2, 0.25) is 0 Å². The van der Waals surface area contributed by atoms with Gasteiger partial charge in [-0.25, -0.2) is 0 Å². The topological polar surface area (TPSA) is 26.3 Å². The fourth-order valence-corrected chi connectivity index (χ4v) is 1.58. The largest absolute Gasteiger partial charge is 0.465 e. The van der Waals surface area contributed by atoms with Crippen LogP contribution in [0.3, 0.4) is 0 Å². The maximum Gasteiger partial charge on any atom is 0.314 e. The molecule has 0 aliphatic heterocycles. The highest BCUT2D eigenvalue weighted by molar-refractivity contribution is 5.78. The molecule has 0 heterocycles. The van der Waals surface area contributed by atoms with Crippen LogP contribution in [0.1, 0.15) is 30.4 Å². The van der Waals surface area contributed by atoms with Crippen LogP contribution in [0, 0.1) is 19.3 Å². The molecule has 1 unspecified atom stereocenters. The number of rotatable bonds is 4.